The van der Waals surface area contributed by atoms with Crippen molar-refractivity contribution in [3.63, 3.8) is 0 Å². The number of carbonyl (C=O) groups is 2. The van der Waals surface area contributed by atoms with Gasteiger partial charge in [-0.05, 0) is 30.3 Å². The van der Waals surface area contributed by atoms with Gasteiger partial charge in [0.25, 0.3) is 0 Å². The number of ether oxygens (including phenoxy) is 1. The molecule has 0 aliphatic carbocycles. The number of esters is 1. The Morgan fingerprint density at radius 2 is 1.94 bits per heavy atom. The van der Waals surface area contributed by atoms with Crippen molar-refractivity contribution in [2.45, 2.75) is 4.90 Å². The quantitative estimate of drug-likeness (QED) is 0.176. The highest BCUT2D eigenvalue weighted by Crippen LogP contribution is 2.34. The number of hydrogen-bond acceptors (Lipinski definition) is 8. The van der Waals surface area contributed by atoms with Gasteiger partial charge >= 0.3 is 5.97 Å². The van der Waals surface area contributed by atoms with E-state index in [1.54, 1.807) is 36.0 Å². The summed E-state index contributed by atoms with van der Waals surface area (Å²) >= 11 is 15.0. The van der Waals surface area contributed by atoms with Gasteiger partial charge in [0.2, 0.25) is 5.78 Å². The number of carbonyl (C=O) groups excluding carboxylic acids is 2. The van der Waals surface area contributed by atoms with E-state index in [9.17, 15) is 9.59 Å². The number of aromatic nitrogens is 1. The van der Waals surface area contributed by atoms with E-state index in [4.69, 9.17) is 28.9 Å². The van der Waals surface area contributed by atoms with Gasteiger partial charge in [0.1, 0.15) is 10.7 Å². The Morgan fingerprint density at radius 3 is 2.65 bits per heavy atom. The second-order valence-corrected chi connectivity index (χ2v) is 8.96. The normalized spacial score (nSPS) is 10.9. The van der Waals surface area contributed by atoms with E-state index >= 15 is 0 Å². The lowest BCUT2D eigenvalue weighted by Crippen LogP contribution is -2.04. The number of nitrogen functional groups attached to an aromatic ring is 1. The fourth-order valence-corrected chi connectivity index (χ4v) is 4.71. The van der Waals surface area contributed by atoms with E-state index in [2.05, 4.69) is 15.0 Å². The van der Waals surface area contributed by atoms with Crippen LogP contribution < -0.4 is 11.1 Å². The molecule has 3 rings (SSSR count). The zero-order chi connectivity index (χ0) is 22.4. The molecule has 0 aliphatic rings. The molecular formula is C21H17Cl2N3O3S2. The molecule has 2 aromatic carbocycles. The standard InChI is InChI=1S/C21H17Cl2N3O3S2/c1-29-16(27)9-4-10-30-13-6-2-5-12(11-13)25-21-26-20(24)19(31-21)18(28)17-14(22)7-3-8-15(17)23/h2-9,11H,10,24H2,1H3,(H,25,26)/b9-4+. The summed E-state index contributed by atoms with van der Waals surface area (Å²) in [6, 6.07) is 12.5. The molecule has 160 valence electrons. The summed E-state index contributed by atoms with van der Waals surface area (Å²) in [6.45, 7) is 0. The third kappa shape index (κ3) is 6.01. The number of anilines is 3. The number of thiazole rings is 1. The van der Waals surface area contributed by atoms with E-state index in [0.29, 0.717) is 10.9 Å². The largest absolute Gasteiger partial charge is 0.466 e. The van der Waals surface area contributed by atoms with Crippen LogP contribution in [0.1, 0.15) is 15.2 Å². The molecule has 0 bridgehead atoms. The van der Waals surface area contributed by atoms with Crippen molar-refractivity contribution in [3.8, 4) is 0 Å². The summed E-state index contributed by atoms with van der Waals surface area (Å²) in [5.41, 5.74) is 6.97. The first kappa shape index (κ1) is 23.1. The molecule has 0 fully saturated rings. The topological polar surface area (TPSA) is 94.3 Å². The molecule has 3 N–H and O–H groups in total. The monoisotopic (exact) mass is 493 g/mol. The van der Waals surface area contributed by atoms with Gasteiger partial charge in [-0.25, -0.2) is 9.78 Å². The van der Waals surface area contributed by atoms with E-state index in [1.807, 2.05) is 24.3 Å². The van der Waals surface area contributed by atoms with E-state index < -0.39 is 0 Å². The fraction of sp³-hybridized carbons (Fsp3) is 0.0952. The van der Waals surface area contributed by atoms with Crippen molar-refractivity contribution in [1.29, 1.82) is 0 Å². The Morgan fingerprint density at radius 1 is 1.23 bits per heavy atom. The summed E-state index contributed by atoms with van der Waals surface area (Å²) < 4.78 is 4.56. The van der Waals surface area contributed by atoms with Crippen molar-refractivity contribution >= 4 is 74.7 Å². The maximum Gasteiger partial charge on any atom is 0.330 e. The minimum Gasteiger partial charge on any atom is -0.466 e. The predicted molar refractivity (Wildman–Crippen MR) is 128 cm³/mol. The van der Waals surface area contributed by atoms with Crippen LogP contribution in [-0.4, -0.2) is 29.6 Å². The second kappa shape index (κ2) is 10.7. The third-order valence-electron chi connectivity index (χ3n) is 3.94. The van der Waals surface area contributed by atoms with Crippen LogP contribution in [0, 0.1) is 0 Å². The first-order valence-electron chi connectivity index (χ1n) is 8.88. The smallest absolute Gasteiger partial charge is 0.330 e. The van der Waals surface area contributed by atoms with E-state index in [0.717, 1.165) is 21.9 Å². The van der Waals surface area contributed by atoms with E-state index in [-0.39, 0.29) is 38.1 Å². The number of ketones is 1. The van der Waals surface area contributed by atoms with Crippen LogP contribution >= 0.6 is 46.3 Å². The van der Waals surface area contributed by atoms with Crippen LogP contribution in [0.15, 0.2) is 59.5 Å². The van der Waals surface area contributed by atoms with Crippen LogP contribution in [0.25, 0.3) is 0 Å². The van der Waals surface area contributed by atoms with E-state index in [1.165, 1.54) is 13.2 Å². The Hall–Kier alpha value is -2.52. The number of thioether (sulfide) groups is 1. The highest BCUT2D eigenvalue weighted by Gasteiger charge is 2.22. The van der Waals surface area contributed by atoms with Crippen LogP contribution in [-0.2, 0) is 9.53 Å². The third-order valence-corrected chi connectivity index (χ3v) is 6.50. The zero-order valence-electron chi connectivity index (χ0n) is 16.2. The summed E-state index contributed by atoms with van der Waals surface area (Å²) in [7, 11) is 1.34. The van der Waals surface area contributed by atoms with Gasteiger partial charge < -0.3 is 15.8 Å². The van der Waals surface area contributed by atoms with Crippen LogP contribution in [0.2, 0.25) is 10.0 Å². The maximum absolute atomic E-state index is 12.9. The van der Waals surface area contributed by atoms with Crippen molar-refractivity contribution in [1.82, 2.24) is 4.98 Å². The Balaban J connectivity index is 1.72. The maximum atomic E-state index is 12.9. The minimum absolute atomic E-state index is 0.104. The number of benzene rings is 2. The van der Waals surface area contributed by atoms with Crippen LogP contribution in [0.4, 0.5) is 16.6 Å². The van der Waals surface area contributed by atoms with Crippen LogP contribution in [0.3, 0.4) is 0 Å². The molecule has 0 atom stereocenters. The summed E-state index contributed by atoms with van der Waals surface area (Å²) in [4.78, 5) is 29.5. The fourth-order valence-electron chi connectivity index (χ4n) is 2.52. The first-order chi connectivity index (χ1) is 14.9. The highest BCUT2D eigenvalue weighted by molar-refractivity contribution is 7.99. The molecule has 10 heteroatoms. The predicted octanol–water partition coefficient (Wildman–Crippen LogP) is 5.83. The number of hydrogen-bond donors (Lipinski definition) is 2. The SMILES string of the molecule is COC(=O)/C=C/CSc1cccc(Nc2nc(N)c(C(=O)c3c(Cl)cccc3Cl)s2)c1. The zero-order valence-corrected chi connectivity index (χ0v) is 19.4. The van der Waals surface area contributed by atoms with Gasteiger partial charge in [-0.1, -0.05) is 52.7 Å². The Kier molecular flexibility index (Phi) is 7.97. The van der Waals surface area contributed by atoms with Gasteiger partial charge in [0.05, 0.1) is 22.7 Å². The van der Waals surface area contributed by atoms with Gasteiger partial charge in [0, 0.05) is 22.4 Å². The molecule has 1 aromatic heterocycles. The molecule has 0 saturated carbocycles. The molecule has 31 heavy (non-hydrogen) atoms. The number of rotatable bonds is 8. The number of halogens is 2. The minimum atomic E-state index is -0.388. The molecule has 0 aliphatic heterocycles. The van der Waals surface area contributed by atoms with Crippen molar-refractivity contribution in [2.24, 2.45) is 0 Å². The molecule has 6 nitrogen and oxygen atoms in total. The van der Waals surface area contributed by atoms with Crippen LogP contribution in [0.5, 0.6) is 0 Å². The molecule has 3 aromatic rings. The summed E-state index contributed by atoms with van der Waals surface area (Å²) in [5, 5.41) is 4.14. The summed E-state index contributed by atoms with van der Waals surface area (Å²) in [6.07, 6.45) is 3.12. The number of nitrogens with one attached hydrogen (secondary N) is 1. The lowest BCUT2D eigenvalue weighted by molar-refractivity contribution is -0.134. The molecule has 0 radical (unpaired) electrons. The average Bonchev–Trinajstić information content (AvgIpc) is 3.11. The lowest BCUT2D eigenvalue weighted by atomic mass is 10.1. The lowest BCUT2D eigenvalue weighted by Gasteiger charge is -2.05. The van der Waals surface area contributed by atoms with Crippen molar-refractivity contribution in [3.05, 3.63) is 75.1 Å². The molecule has 0 unspecified atom stereocenters. The Labute approximate surface area is 197 Å². The molecule has 0 saturated heterocycles. The Bertz CT molecular complexity index is 1130. The highest BCUT2D eigenvalue weighted by atomic mass is 35.5. The number of nitrogens with two attached hydrogens (primary N) is 1. The van der Waals surface area contributed by atoms with Gasteiger partial charge in [-0.2, -0.15) is 0 Å². The number of methoxy groups -OCH3 is 1. The molecule has 0 spiro atoms. The van der Waals surface area contributed by atoms with Gasteiger partial charge in [-0.15, -0.1) is 11.8 Å². The first-order valence-corrected chi connectivity index (χ1v) is 11.4. The molecule has 1 heterocycles. The molecule has 0 amide bonds. The summed E-state index contributed by atoms with van der Waals surface area (Å²) in [5.74, 6) is -0.0480. The second-order valence-electron chi connectivity index (χ2n) is 6.05. The average molecular weight is 494 g/mol. The van der Waals surface area contributed by atoms with Crippen molar-refractivity contribution in [2.75, 3.05) is 23.9 Å². The number of nitrogens with zero attached hydrogens (tertiary/aromatic N) is 1. The van der Waals surface area contributed by atoms with Crippen molar-refractivity contribution < 1.29 is 14.3 Å². The molecular weight excluding hydrogens is 477 g/mol. The van der Waals surface area contributed by atoms with Gasteiger partial charge in [-0.3, -0.25) is 4.79 Å². The van der Waals surface area contributed by atoms with Gasteiger partial charge in [0.15, 0.2) is 5.13 Å².